The zero-order valence-electron chi connectivity index (χ0n) is 13.9. The summed E-state index contributed by atoms with van der Waals surface area (Å²) in [6, 6.07) is 5.36. The normalized spacial score (nSPS) is 15.2. The summed E-state index contributed by atoms with van der Waals surface area (Å²) in [6.45, 7) is 14.3. The van der Waals surface area contributed by atoms with Gasteiger partial charge in [-0.15, -0.1) is 0 Å². The van der Waals surface area contributed by atoms with Gasteiger partial charge >= 0.3 is 0 Å². The second kappa shape index (κ2) is 7.21. The molecule has 1 aromatic carbocycles. The molecular formula is C18H30FN. The first kappa shape index (κ1) is 17.2. The van der Waals surface area contributed by atoms with Gasteiger partial charge in [-0.1, -0.05) is 40.7 Å². The fourth-order valence-electron chi connectivity index (χ4n) is 2.33. The molecule has 1 rings (SSSR count). The molecule has 1 aromatic rings. The summed E-state index contributed by atoms with van der Waals surface area (Å²) >= 11 is 0. The third kappa shape index (κ3) is 4.90. The Morgan fingerprint density at radius 1 is 1.25 bits per heavy atom. The summed E-state index contributed by atoms with van der Waals surface area (Å²) in [5.41, 5.74) is 2.54. The predicted molar refractivity (Wildman–Crippen MR) is 85.4 cm³/mol. The molecule has 0 aliphatic carbocycles. The van der Waals surface area contributed by atoms with Gasteiger partial charge in [-0.05, 0) is 60.9 Å². The molecule has 1 N–H and O–H groups in total. The van der Waals surface area contributed by atoms with Crippen LogP contribution in [0.5, 0.6) is 0 Å². The van der Waals surface area contributed by atoms with Crippen LogP contribution in [-0.2, 0) is 0 Å². The lowest BCUT2D eigenvalue weighted by Crippen LogP contribution is -2.28. The topological polar surface area (TPSA) is 12.0 Å². The fraction of sp³-hybridized carbons (Fsp3) is 0.667. The van der Waals surface area contributed by atoms with Gasteiger partial charge in [-0.2, -0.15) is 0 Å². The van der Waals surface area contributed by atoms with Crippen molar-refractivity contribution < 1.29 is 4.39 Å². The minimum Gasteiger partial charge on any atom is -0.310 e. The Hall–Kier alpha value is -0.890. The predicted octanol–water partition coefficient (Wildman–Crippen LogP) is 5.25. The monoisotopic (exact) mass is 279 g/mol. The lowest BCUT2D eigenvalue weighted by Gasteiger charge is -2.32. The quantitative estimate of drug-likeness (QED) is 0.750. The summed E-state index contributed by atoms with van der Waals surface area (Å²) in [4.78, 5) is 0. The van der Waals surface area contributed by atoms with E-state index in [9.17, 15) is 4.39 Å². The van der Waals surface area contributed by atoms with Crippen LogP contribution >= 0.6 is 0 Å². The zero-order chi connectivity index (χ0) is 15.3. The summed E-state index contributed by atoms with van der Waals surface area (Å²) in [7, 11) is 0. The largest absolute Gasteiger partial charge is 0.310 e. The van der Waals surface area contributed by atoms with E-state index in [1.807, 2.05) is 6.07 Å². The lowest BCUT2D eigenvalue weighted by molar-refractivity contribution is 0.223. The molecule has 0 heterocycles. The lowest BCUT2D eigenvalue weighted by atomic mass is 9.77. The molecule has 0 spiro atoms. The van der Waals surface area contributed by atoms with Crippen LogP contribution < -0.4 is 5.32 Å². The number of benzene rings is 1. The van der Waals surface area contributed by atoms with Crippen LogP contribution in [0, 0.1) is 24.1 Å². The highest BCUT2D eigenvalue weighted by atomic mass is 19.1. The molecule has 0 aromatic heterocycles. The fourth-order valence-corrected chi connectivity index (χ4v) is 2.33. The van der Waals surface area contributed by atoms with E-state index in [4.69, 9.17) is 0 Å². The minimum absolute atomic E-state index is 0.141. The van der Waals surface area contributed by atoms with Gasteiger partial charge in [-0.3, -0.25) is 0 Å². The van der Waals surface area contributed by atoms with Crippen LogP contribution in [0.15, 0.2) is 18.2 Å². The highest BCUT2D eigenvalue weighted by Gasteiger charge is 2.25. The Labute approximate surface area is 124 Å². The van der Waals surface area contributed by atoms with Crippen molar-refractivity contribution in [2.24, 2.45) is 11.3 Å². The van der Waals surface area contributed by atoms with Crippen molar-refractivity contribution in [1.29, 1.82) is 0 Å². The van der Waals surface area contributed by atoms with E-state index in [2.05, 4.69) is 46.9 Å². The molecule has 0 amide bonds. The van der Waals surface area contributed by atoms with E-state index >= 15 is 0 Å². The third-order valence-electron chi connectivity index (χ3n) is 4.33. The molecule has 0 aliphatic rings. The molecular weight excluding hydrogens is 249 g/mol. The average Bonchev–Trinajstić information content (AvgIpc) is 2.36. The first-order valence-electron chi connectivity index (χ1n) is 7.75. The van der Waals surface area contributed by atoms with Gasteiger partial charge < -0.3 is 5.32 Å². The van der Waals surface area contributed by atoms with Gasteiger partial charge in [0.05, 0.1) is 0 Å². The van der Waals surface area contributed by atoms with Crippen LogP contribution in [0.3, 0.4) is 0 Å². The smallest absolute Gasteiger partial charge is 0.123 e. The molecule has 20 heavy (non-hydrogen) atoms. The van der Waals surface area contributed by atoms with Crippen molar-refractivity contribution in [2.75, 3.05) is 6.54 Å². The highest BCUT2D eigenvalue weighted by Crippen LogP contribution is 2.34. The first-order chi connectivity index (χ1) is 9.25. The van der Waals surface area contributed by atoms with Crippen LogP contribution in [-0.4, -0.2) is 6.54 Å². The number of hydrogen-bond donors (Lipinski definition) is 1. The van der Waals surface area contributed by atoms with E-state index in [1.54, 1.807) is 12.1 Å². The number of aryl methyl sites for hydroxylation is 1. The Balaban J connectivity index is 2.96. The number of nitrogens with one attached hydrogen (secondary N) is 1. The molecule has 2 unspecified atom stereocenters. The van der Waals surface area contributed by atoms with E-state index in [0.717, 1.165) is 24.9 Å². The third-order valence-corrected chi connectivity index (χ3v) is 4.33. The Morgan fingerprint density at radius 2 is 1.90 bits per heavy atom. The number of hydrogen-bond acceptors (Lipinski definition) is 1. The first-order valence-corrected chi connectivity index (χ1v) is 7.75. The molecule has 0 fully saturated rings. The van der Waals surface area contributed by atoms with Gasteiger partial charge in [0.25, 0.3) is 0 Å². The zero-order valence-corrected chi connectivity index (χ0v) is 13.9. The average molecular weight is 279 g/mol. The Kier molecular flexibility index (Phi) is 6.19. The maximum Gasteiger partial charge on any atom is 0.123 e. The molecule has 0 saturated carbocycles. The summed E-state index contributed by atoms with van der Waals surface area (Å²) in [5.74, 6) is 0.428. The van der Waals surface area contributed by atoms with Gasteiger partial charge in [-0.25, -0.2) is 4.39 Å². The summed E-state index contributed by atoms with van der Waals surface area (Å²) < 4.78 is 13.6. The van der Waals surface area contributed by atoms with Crippen molar-refractivity contribution in [2.45, 2.75) is 60.4 Å². The van der Waals surface area contributed by atoms with Crippen LogP contribution in [0.2, 0.25) is 0 Å². The number of rotatable bonds is 6. The van der Waals surface area contributed by atoms with E-state index in [0.29, 0.717) is 5.92 Å². The molecule has 0 radical (unpaired) electrons. The van der Waals surface area contributed by atoms with Crippen molar-refractivity contribution in [3.8, 4) is 0 Å². The standard InChI is InChI=1S/C18H30FN/c1-7-10-20-17(11-14(3)18(4,5)6)16-12-15(19)9-8-13(16)2/h8-9,12,14,17,20H,7,10-11H2,1-6H3. The highest BCUT2D eigenvalue weighted by molar-refractivity contribution is 5.29. The Morgan fingerprint density at radius 3 is 2.45 bits per heavy atom. The van der Waals surface area contributed by atoms with Gasteiger partial charge in [0.15, 0.2) is 0 Å². The van der Waals surface area contributed by atoms with E-state index in [-0.39, 0.29) is 17.3 Å². The van der Waals surface area contributed by atoms with Crippen LogP contribution in [0.4, 0.5) is 4.39 Å². The summed E-state index contributed by atoms with van der Waals surface area (Å²) in [5, 5.41) is 3.59. The van der Waals surface area contributed by atoms with E-state index in [1.165, 1.54) is 5.56 Å². The van der Waals surface area contributed by atoms with E-state index < -0.39 is 0 Å². The SMILES string of the molecule is CCCNC(CC(C)C(C)(C)C)c1cc(F)ccc1C. The molecule has 1 nitrogen and oxygen atoms in total. The second-order valence-electron chi connectivity index (χ2n) is 7.01. The Bertz CT molecular complexity index is 420. The van der Waals surface area contributed by atoms with Crippen LogP contribution in [0.1, 0.15) is 64.6 Å². The molecule has 0 saturated heterocycles. The van der Waals surface area contributed by atoms with Crippen molar-refractivity contribution in [3.05, 3.63) is 35.1 Å². The summed E-state index contributed by atoms with van der Waals surface area (Å²) in [6.07, 6.45) is 2.13. The number of halogens is 1. The van der Waals surface area contributed by atoms with Crippen molar-refractivity contribution >= 4 is 0 Å². The molecule has 114 valence electrons. The maximum atomic E-state index is 13.6. The van der Waals surface area contributed by atoms with Gasteiger partial charge in [0.2, 0.25) is 0 Å². The van der Waals surface area contributed by atoms with Crippen LogP contribution in [0.25, 0.3) is 0 Å². The van der Waals surface area contributed by atoms with Crippen molar-refractivity contribution in [3.63, 3.8) is 0 Å². The van der Waals surface area contributed by atoms with Gasteiger partial charge in [0, 0.05) is 6.04 Å². The van der Waals surface area contributed by atoms with Gasteiger partial charge in [0.1, 0.15) is 5.82 Å². The molecule has 0 bridgehead atoms. The second-order valence-corrected chi connectivity index (χ2v) is 7.01. The molecule has 2 heteroatoms. The minimum atomic E-state index is -0.141. The maximum absolute atomic E-state index is 13.6. The molecule has 2 atom stereocenters. The van der Waals surface area contributed by atoms with Crippen molar-refractivity contribution in [1.82, 2.24) is 5.32 Å². The molecule has 0 aliphatic heterocycles.